The van der Waals surface area contributed by atoms with Crippen molar-refractivity contribution >= 4 is 0 Å². The number of aromatic nitrogens is 2. The van der Waals surface area contributed by atoms with Gasteiger partial charge in [-0.1, -0.05) is 18.2 Å². The number of para-hydroxylation sites is 1. The quantitative estimate of drug-likeness (QED) is 0.808. The van der Waals surface area contributed by atoms with E-state index in [1.807, 2.05) is 37.3 Å². The lowest BCUT2D eigenvalue weighted by atomic mass is 10.3. The van der Waals surface area contributed by atoms with Gasteiger partial charge in [0.05, 0.1) is 0 Å². The number of ether oxygens (including phenoxy) is 1. The highest BCUT2D eigenvalue weighted by Crippen LogP contribution is 2.19. The van der Waals surface area contributed by atoms with E-state index in [0.717, 1.165) is 5.56 Å². The van der Waals surface area contributed by atoms with Gasteiger partial charge in [-0.15, -0.1) is 0 Å². The van der Waals surface area contributed by atoms with E-state index in [2.05, 4.69) is 9.97 Å². The van der Waals surface area contributed by atoms with Crippen molar-refractivity contribution in [2.45, 2.75) is 6.92 Å². The highest BCUT2D eigenvalue weighted by molar-refractivity contribution is 5.29. The minimum absolute atomic E-state index is 0.338. The van der Waals surface area contributed by atoms with Crippen LogP contribution in [-0.4, -0.2) is 9.97 Å². The molecule has 1 N–H and O–H groups in total. The van der Waals surface area contributed by atoms with Crippen molar-refractivity contribution in [3.8, 4) is 11.6 Å². The van der Waals surface area contributed by atoms with Crippen LogP contribution >= 0.6 is 0 Å². The molecule has 0 amide bonds. The summed E-state index contributed by atoms with van der Waals surface area (Å²) in [6, 6.07) is 9.23. The molecule has 0 fully saturated rings. The maximum atomic E-state index is 11.0. The van der Waals surface area contributed by atoms with Crippen molar-refractivity contribution < 1.29 is 4.74 Å². The van der Waals surface area contributed by atoms with Crippen LogP contribution in [0.15, 0.2) is 41.3 Å². The lowest BCUT2D eigenvalue weighted by Gasteiger charge is -2.05. The molecule has 4 nitrogen and oxygen atoms in total. The fourth-order valence-electron chi connectivity index (χ4n) is 1.15. The summed E-state index contributed by atoms with van der Waals surface area (Å²) in [6.07, 6.45) is 1.58. The molecule has 76 valence electrons. The predicted octanol–water partition coefficient (Wildman–Crippen LogP) is 1.87. The van der Waals surface area contributed by atoms with Crippen molar-refractivity contribution in [2.75, 3.05) is 0 Å². The third-order valence-electron chi connectivity index (χ3n) is 1.91. The van der Waals surface area contributed by atoms with E-state index in [4.69, 9.17) is 4.74 Å². The largest absolute Gasteiger partial charge is 0.439 e. The number of nitrogens with one attached hydrogen (secondary N) is 1. The second-order valence-corrected chi connectivity index (χ2v) is 3.11. The zero-order valence-corrected chi connectivity index (χ0v) is 8.23. The van der Waals surface area contributed by atoms with Crippen LogP contribution in [0.5, 0.6) is 11.6 Å². The van der Waals surface area contributed by atoms with E-state index in [0.29, 0.717) is 11.6 Å². The summed E-state index contributed by atoms with van der Waals surface area (Å²) < 4.78 is 5.46. The van der Waals surface area contributed by atoms with Crippen LogP contribution in [-0.2, 0) is 0 Å². The van der Waals surface area contributed by atoms with Crippen molar-refractivity contribution in [1.82, 2.24) is 9.97 Å². The standard InChI is InChI=1S/C11H10N2O2/c1-8-7-12-11(14)13-10(8)15-9-5-3-2-4-6-9/h2-7H,1H3,(H,12,13,14). The molecule has 0 aliphatic heterocycles. The number of rotatable bonds is 2. The minimum Gasteiger partial charge on any atom is -0.439 e. The number of aryl methyl sites for hydroxylation is 1. The molecule has 0 bridgehead atoms. The smallest absolute Gasteiger partial charge is 0.348 e. The summed E-state index contributed by atoms with van der Waals surface area (Å²) in [5, 5.41) is 0. The van der Waals surface area contributed by atoms with Gasteiger partial charge < -0.3 is 9.72 Å². The van der Waals surface area contributed by atoms with Gasteiger partial charge in [-0.05, 0) is 19.1 Å². The zero-order chi connectivity index (χ0) is 10.7. The van der Waals surface area contributed by atoms with Gasteiger partial charge in [0.15, 0.2) is 0 Å². The number of hydrogen-bond acceptors (Lipinski definition) is 3. The molecule has 0 atom stereocenters. The lowest BCUT2D eigenvalue weighted by Crippen LogP contribution is -2.10. The monoisotopic (exact) mass is 202 g/mol. The van der Waals surface area contributed by atoms with Crippen molar-refractivity contribution in [3.05, 3.63) is 52.6 Å². The predicted molar refractivity (Wildman–Crippen MR) is 56.1 cm³/mol. The Morgan fingerprint density at radius 2 is 2.00 bits per heavy atom. The van der Waals surface area contributed by atoms with Crippen molar-refractivity contribution in [3.63, 3.8) is 0 Å². The average Bonchev–Trinajstić information content (AvgIpc) is 2.25. The number of H-pyrrole nitrogens is 1. The van der Waals surface area contributed by atoms with Gasteiger partial charge in [0.1, 0.15) is 5.75 Å². The van der Waals surface area contributed by atoms with E-state index in [9.17, 15) is 4.79 Å². The third kappa shape index (κ3) is 2.22. The molecule has 0 unspecified atom stereocenters. The second-order valence-electron chi connectivity index (χ2n) is 3.11. The maximum Gasteiger partial charge on any atom is 0.348 e. The topological polar surface area (TPSA) is 55.0 Å². The molecule has 15 heavy (non-hydrogen) atoms. The van der Waals surface area contributed by atoms with Crippen LogP contribution < -0.4 is 10.4 Å². The highest BCUT2D eigenvalue weighted by Gasteiger charge is 2.02. The third-order valence-corrected chi connectivity index (χ3v) is 1.91. The molecule has 0 aliphatic rings. The van der Waals surface area contributed by atoms with Gasteiger partial charge in [-0.3, -0.25) is 0 Å². The fraction of sp³-hybridized carbons (Fsp3) is 0.0909. The Balaban J connectivity index is 2.32. The number of aromatic amines is 1. The Morgan fingerprint density at radius 1 is 1.27 bits per heavy atom. The summed E-state index contributed by atoms with van der Waals surface area (Å²) in [5.74, 6) is 1.00. The van der Waals surface area contributed by atoms with E-state index >= 15 is 0 Å². The Hall–Kier alpha value is -2.10. The van der Waals surface area contributed by atoms with E-state index < -0.39 is 5.69 Å². The van der Waals surface area contributed by atoms with Gasteiger partial charge in [0.25, 0.3) is 0 Å². The van der Waals surface area contributed by atoms with Crippen LogP contribution in [0.2, 0.25) is 0 Å². The van der Waals surface area contributed by atoms with Crippen LogP contribution in [0.3, 0.4) is 0 Å². The summed E-state index contributed by atoms with van der Waals surface area (Å²) >= 11 is 0. The Kier molecular flexibility index (Phi) is 2.49. The molecule has 4 heteroatoms. The molecule has 0 aliphatic carbocycles. The summed E-state index contributed by atoms with van der Waals surface area (Å²) in [6.45, 7) is 1.82. The Bertz CT molecular complexity index is 505. The van der Waals surface area contributed by atoms with E-state index in [1.165, 1.54) is 0 Å². The normalized spacial score (nSPS) is 9.93. The van der Waals surface area contributed by atoms with E-state index in [1.54, 1.807) is 6.20 Å². The summed E-state index contributed by atoms with van der Waals surface area (Å²) in [4.78, 5) is 17.2. The zero-order valence-electron chi connectivity index (χ0n) is 8.23. The first kappa shape index (κ1) is 9.45. The fourth-order valence-corrected chi connectivity index (χ4v) is 1.15. The summed E-state index contributed by atoms with van der Waals surface area (Å²) in [7, 11) is 0. The SMILES string of the molecule is Cc1c[nH]c(=O)nc1Oc1ccccc1. The van der Waals surface area contributed by atoms with Gasteiger partial charge in [-0.2, -0.15) is 4.98 Å². The summed E-state index contributed by atoms with van der Waals surface area (Å²) in [5.41, 5.74) is 0.380. The first-order valence-electron chi connectivity index (χ1n) is 4.55. The lowest BCUT2D eigenvalue weighted by molar-refractivity contribution is 0.455. The van der Waals surface area contributed by atoms with Gasteiger partial charge >= 0.3 is 5.69 Å². The number of benzene rings is 1. The molecule has 2 aromatic rings. The molecule has 1 aromatic heterocycles. The van der Waals surface area contributed by atoms with Crippen molar-refractivity contribution in [2.24, 2.45) is 0 Å². The molecule has 1 heterocycles. The minimum atomic E-state index is -0.411. The van der Waals surface area contributed by atoms with Crippen LogP contribution in [0.1, 0.15) is 5.56 Å². The van der Waals surface area contributed by atoms with Crippen LogP contribution in [0, 0.1) is 6.92 Å². The second kappa shape index (κ2) is 3.96. The van der Waals surface area contributed by atoms with Crippen LogP contribution in [0.4, 0.5) is 0 Å². The van der Waals surface area contributed by atoms with Gasteiger partial charge in [0, 0.05) is 11.8 Å². The molecular formula is C11H10N2O2. The van der Waals surface area contributed by atoms with Gasteiger partial charge in [-0.25, -0.2) is 4.79 Å². The highest BCUT2D eigenvalue weighted by atomic mass is 16.5. The molecule has 1 aromatic carbocycles. The molecular weight excluding hydrogens is 192 g/mol. The Morgan fingerprint density at radius 3 is 2.73 bits per heavy atom. The van der Waals surface area contributed by atoms with Gasteiger partial charge in [0.2, 0.25) is 5.88 Å². The molecule has 0 saturated heterocycles. The number of hydrogen-bond donors (Lipinski definition) is 1. The first-order chi connectivity index (χ1) is 7.25. The van der Waals surface area contributed by atoms with E-state index in [-0.39, 0.29) is 0 Å². The maximum absolute atomic E-state index is 11.0. The average molecular weight is 202 g/mol. The number of nitrogens with zero attached hydrogens (tertiary/aromatic N) is 1. The first-order valence-corrected chi connectivity index (χ1v) is 4.55. The molecule has 0 radical (unpaired) electrons. The Labute approximate surface area is 86.6 Å². The molecule has 2 rings (SSSR count). The molecule has 0 spiro atoms. The van der Waals surface area contributed by atoms with Crippen molar-refractivity contribution in [1.29, 1.82) is 0 Å². The molecule has 0 saturated carbocycles. The van der Waals surface area contributed by atoms with Crippen LogP contribution in [0.25, 0.3) is 0 Å².